The number of nitrogens with one attached hydrogen (secondary N) is 2. The number of nitrogens with zero attached hydrogens (tertiary/aromatic N) is 1. The van der Waals surface area contributed by atoms with Crippen LogP contribution in [0.1, 0.15) is 13.8 Å². The Kier molecular flexibility index (Phi) is 6.21. The standard InChI is InChI=1S/C12H19N3O5S/c1-9(7-13-10(2)8-16)14-21(19,20)12-6-4-3-5-11(12)15(17)18/h3-6,9-10,13-14,16H,7-8H2,1-2H3/t9-,10+/m1/s1. The van der Waals surface area contributed by atoms with Crippen LogP contribution in [0.25, 0.3) is 0 Å². The molecule has 0 unspecified atom stereocenters. The van der Waals surface area contributed by atoms with Crippen molar-refractivity contribution in [2.75, 3.05) is 13.2 Å². The first-order chi connectivity index (χ1) is 9.77. The molecular formula is C12H19N3O5S. The highest BCUT2D eigenvalue weighted by atomic mass is 32.2. The van der Waals surface area contributed by atoms with E-state index in [1.807, 2.05) is 0 Å². The molecule has 1 rings (SSSR count). The van der Waals surface area contributed by atoms with Gasteiger partial charge < -0.3 is 10.4 Å². The summed E-state index contributed by atoms with van der Waals surface area (Å²) in [5.41, 5.74) is -0.464. The zero-order chi connectivity index (χ0) is 16.0. The topological polar surface area (TPSA) is 122 Å². The van der Waals surface area contributed by atoms with Crippen molar-refractivity contribution in [2.24, 2.45) is 0 Å². The molecule has 0 aliphatic carbocycles. The summed E-state index contributed by atoms with van der Waals surface area (Å²) in [6.07, 6.45) is 0. The Balaban J connectivity index is 2.85. The third-order valence-electron chi connectivity index (χ3n) is 2.75. The molecule has 1 aromatic rings. The highest BCUT2D eigenvalue weighted by Crippen LogP contribution is 2.22. The highest BCUT2D eigenvalue weighted by Gasteiger charge is 2.26. The number of hydrogen-bond donors (Lipinski definition) is 3. The Morgan fingerprint density at radius 3 is 2.48 bits per heavy atom. The maximum Gasteiger partial charge on any atom is 0.289 e. The number of para-hydroxylation sites is 1. The fourth-order valence-corrected chi connectivity index (χ4v) is 3.06. The molecule has 118 valence electrons. The lowest BCUT2D eigenvalue weighted by Crippen LogP contribution is -2.43. The molecule has 0 aromatic heterocycles. The van der Waals surface area contributed by atoms with E-state index in [1.54, 1.807) is 13.8 Å². The van der Waals surface area contributed by atoms with E-state index in [1.165, 1.54) is 18.2 Å². The number of hydrogen-bond acceptors (Lipinski definition) is 6. The van der Waals surface area contributed by atoms with Crippen molar-refractivity contribution in [3.63, 3.8) is 0 Å². The average Bonchev–Trinajstić information content (AvgIpc) is 2.44. The molecule has 0 aliphatic heterocycles. The lowest BCUT2D eigenvalue weighted by Gasteiger charge is -2.17. The maximum atomic E-state index is 12.2. The molecule has 1 aromatic carbocycles. The van der Waals surface area contributed by atoms with Crippen LogP contribution in [-0.4, -0.2) is 43.7 Å². The maximum absolute atomic E-state index is 12.2. The number of nitro benzene ring substituents is 1. The first-order valence-corrected chi connectivity index (χ1v) is 7.86. The van der Waals surface area contributed by atoms with Crippen molar-refractivity contribution in [1.29, 1.82) is 0 Å². The SMILES string of the molecule is C[C@H](CN[C@@H](C)CO)NS(=O)(=O)c1ccccc1[N+](=O)[O-]. The van der Waals surface area contributed by atoms with Crippen LogP contribution in [0.2, 0.25) is 0 Å². The Morgan fingerprint density at radius 1 is 1.29 bits per heavy atom. The molecular weight excluding hydrogens is 298 g/mol. The second-order valence-electron chi connectivity index (χ2n) is 4.74. The number of benzene rings is 1. The summed E-state index contributed by atoms with van der Waals surface area (Å²) in [5, 5.41) is 22.7. The van der Waals surface area contributed by atoms with E-state index in [-0.39, 0.29) is 17.5 Å². The van der Waals surface area contributed by atoms with E-state index in [9.17, 15) is 18.5 Å². The second-order valence-corrected chi connectivity index (χ2v) is 6.42. The number of sulfonamides is 1. The Bertz CT molecular complexity index is 590. The molecule has 9 heteroatoms. The molecule has 0 spiro atoms. The van der Waals surface area contributed by atoms with Gasteiger partial charge in [-0.25, -0.2) is 13.1 Å². The van der Waals surface area contributed by atoms with Crippen molar-refractivity contribution in [3.05, 3.63) is 34.4 Å². The Morgan fingerprint density at radius 2 is 1.90 bits per heavy atom. The number of aliphatic hydroxyl groups excluding tert-OH is 1. The molecule has 0 heterocycles. The predicted molar refractivity (Wildman–Crippen MR) is 77.4 cm³/mol. The second kappa shape index (κ2) is 7.46. The van der Waals surface area contributed by atoms with Gasteiger partial charge in [0.1, 0.15) is 0 Å². The lowest BCUT2D eigenvalue weighted by molar-refractivity contribution is -0.387. The van der Waals surface area contributed by atoms with Gasteiger partial charge in [0.15, 0.2) is 4.90 Å². The van der Waals surface area contributed by atoms with Crippen molar-refractivity contribution in [3.8, 4) is 0 Å². The minimum Gasteiger partial charge on any atom is -0.395 e. The predicted octanol–water partition coefficient (Wildman–Crippen LogP) is 0.232. The summed E-state index contributed by atoms with van der Waals surface area (Å²) in [6.45, 7) is 3.61. The van der Waals surface area contributed by atoms with Gasteiger partial charge in [-0.15, -0.1) is 0 Å². The van der Waals surface area contributed by atoms with Gasteiger partial charge in [0.05, 0.1) is 11.5 Å². The Labute approximate surface area is 123 Å². The average molecular weight is 317 g/mol. The Hall–Kier alpha value is -1.55. The summed E-state index contributed by atoms with van der Waals surface area (Å²) >= 11 is 0. The molecule has 0 saturated heterocycles. The zero-order valence-electron chi connectivity index (χ0n) is 11.8. The number of aliphatic hydroxyl groups is 1. The van der Waals surface area contributed by atoms with Crippen LogP contribution in [0.5, 0.6) is 0 Å². The van der Waals surface area contributed by atoms with Crippen LogP contribution in [0.3, 0.4) is 0 Å². The van der Waals surface area contributed by atoms with Gasteiger partial charge in [-0.2, -0.15) is 0 Å². The molecule has 8 nitrogen and oxygen atoms in total. The summed E-state index contributed by atoms with van der Waals surface area (Å²) in [4.78, 5) is 9.79. The van der Waals surface area contributed by atoms with E-state index in [0.29, 0.717) is 6.54 Å². The normalized spacial score (nSPS) is 14.6. The van der Waals surface area contributed by atoms with Gasteiger partial charge in [-0.1, -0.05) is 12.1 Å². The molecule has 21 heavy (non-hydrogen) atoms. The molecule has 3 N–H and O–H groups in total. The fraction of sp³-hybridized carbons (Fsp3) is 0.500. The van der Waals surface area contributed by atoms with Crippen LogP contribution in [-0.2, 0) is 10.0 Å². The van der Waals surface area contributed by atoms with Crippen molar-refractivity contribution in [1.82, 2.24) is 10.0 Å². The van der Waals surface area contributed by atoms with Gasteiger partial charge in [0.25, 0.3) is 5.69 Å². The van der Waals surface area contributed by atoms with E-state index >= 15 is 0 Å². The number of rotatable bonds is 8. The molecule has 2 atom stereocenters. The van der Waals surface area contributed by atoms with E-state index in [0.717, 1.165) is 6.07 Å². The quantitative estimate of drug-likeness (QED) is 0.466. The van der Waals surface area contributed by atoms with Crippen LogP contribution < -0.4 is 10.0 Å². The van der Waals surface area contributed by atoms with Gasteiger partial charge in [-0.05, 0) is 19.9 Å². The minimum absolute atomic E-state index is 0.0658. The lowest BCUT2D eigenvalue weighted by atomic mass is 10.3. The van der Waals surface area contributed by atoms with E-state index in [2.05, 4.69) is 10.0 Å². The van der Waals surface area contributed by atoms with E-state index in [4.69, 9.17) is 5.11 Å². The van der Waals surface area contributed by atoms with Crippen LogP contribution >= 0.6 is 0 Å². The third-order valence-corrected chi connectivity index (χ3v) is 4.39. The molecule has 0 amide bonds. The molecule has 0 bridgehead atoms. The van der Waals surface area contributed by atoms with Crippen LogP contribution in [0.15, 0.2) is 29.2 Å². The fourth-order valence-electron chi connectivity index (χ4n) is 1.65. The van der Waals surface area contributed by atoms with Crippen molar-refractivity contribution >= 4 is 15.7 Å². The third kappa shape index (κ3) is 5.05. The van der Waals surface area contributed by atoms with Crippen LogP contribution in [0.4, 0.5) is 5.69 Å². The van der Waals surface area contributed by atoms with Gasteiger partial charge in [0.2, 0.25) is 10.0 Å². The van der Waals surface area contributed by atoms with Crippen LogP contribution in [0, 0.1) is 10.1 Å². The summed E-state index contributed by atoms with van der Waals surface area (Å²) in [5.74, 6) is 0. The summed E-state index contributed by atoms with van der Waals surface area (Å²) in [6, 6.07) is 4.53. The van der Waals surface area contributed by atoms with Gasteiger partial charge >= 0.3 is 0 Å². The summed E-state index contributed by atoms with van der Waals surface area (Å²) < 4.78 is 26.7. The highest BCUT2D eigenvalue weighted by molar-refractivity contribution is 7.89. The van der Waals surface area contributed by atoms with E-state index < -0.39 is 26.7 Å². The molecule has 0 fully saturated rings. The molecule has 0 saturated carbocycles. The summed E-state index contributed by atoms with van der Waals surface area (Å²) in [7, 11) is -3.98. The smallest absolute Gasteiger partial charge is 0.289 e. The largest absolute Gasteiger partial charge is 0.395 e. The van der Waals surface area contributed by atoms with Gasteiger partial charge in [0, 0.05) is 24.7 Å². The first kappa shape index (κ1) is 17.5. The zero-order valence-corrected chi connectivity index (χ0v) is 12.6. The first-order valence-electron chi connectivity index (χ1n) is 6.38. The minimum atomic E-state index is -3.98. The monoisotopic (exact) mass is 317 g/mol. The number of nitro groups is 1. The van der Waals surface area contributed by atoms with Crippen molar-refractivity contribution in [2.45, 2.75) is 30.8 Å². The molecule has 0 radical (unpaired) electrons. The van der Waals surface area contributed by atoms with Gasteiger partial charge in [-0.3, -0.25) is 10.1 Å². The van der Waals surface area contributed by atoms with Crippen molar-refractivity contribution < 1.29 is 18.4 Å². The molecule has 0 aliphatic rings.